The number of hydrogen-bond donors (Lipinski definition) is 1. The summed E-state index contributed by atoms with van der Waals surface area (Å²) in [7, 11) is 0. The Morgan fingerprint density at radius 1 is 1.22 bits per heavy atom. The summed E-state index contributed by atoms with van der Waals surface area (Å²) >= 11 is 3.09. The van der Waals surface area contributed by atoms with Crippen LogP contribution in [-0.4, -0.2) is 52.2 Å². The fraction of sp³-hybridized carbons (Fsp3) is 0.304. The summed E-state index contributed by atoms with van der Waals surface area (Å²) in [6, 6.07) is 8.68. The molecule has 0 aliphatic carbocycles. The van der Waals surface area contributed by atoms with Crippen molar-refractivity contribution >= 4 is 40.8 Å². The van der Waals surface area contributed by atoms with Crippen LogP contribution in [0.2, 0.25) is 0 Å². The second-order valence-electron chi connectivity index (χ2n) is 7.44. The van der Waals surface area contributed by atoms with Gasteiger partial charge < -0.3 is 14.6 Å². The van der Waals surface area contributed by atoms with Crippen molar-refractivity contribution in [1.82, 2.24) is 14.9 Å². The molecule has 0 saturated carbocycles. The van der Waals surface area contributed by atoms with Crippen molar-refractivity contribution in [2.45, 2.75) is 30.4 Å². The highest BCUT2D eigenvalue weighted by Gasteiger charge is 2.22. The lowest BCUT2D eigenvalue weighted by Crippen LogP contribution is -2.27. The average Bonchev–Trinajstić information content (AvgIpc) is 3.57. The predicted molar refractivity (Wildman–Crippen MR) is 123 cm³/mol. The number of likely N-dealkylation sites (tertiary alicyclic amines) is 1. The van der Waals surface area contributed by atoms with Crippen LogP contribution in [0.1, 0.15) is 54.7 Å². The molecule has 1 aliphatic rings. The predicted octanol–water partition coefficient (Wildman–Crippen LogP) is 4.35. The van der Waals surface area contributed by atoms with Crippen molar-refractivity contribution in [2.24, 2.45) is 0 Å². The van der Waals surface area contributed by atoms with Crippen molar-refractivity contribution in [1.29, 1.82) is 0 Å². The Bertz CT molecular complexity index is 1130. The number of Topliss-reactive ketones (excluding diaryl/α,β-unsaturated/α-hetero) is 1. The first-order valence-corrected chi connectivity index (χ1v) is 12.2. The Hall–Kier alpha value is -2.91. The molecular formula is C23H23N3O4S2. The van der Waals surface area contributed by atoms with E-state index in [1.807, 2.05) is 24.4 Å². The van der Waals surface area contributed by atoms with Crippen LogP contribution in [0.5, 0.6) is 0 Å². The molecule has 0 unspecified atom stereocenters. The third-order valence-electron chi connectivity index (χ3n) is 5.11. The molecule has 7 nitrogen and oxygen atoms in total. The summed E-state index contributed by atoms with van der Waals surface area (Å²) in [6.45, 7) is 3.03. The first-order chi connectivity index (χ1) is 15.5. The SMILES string of the molecule is Cc1nc(CSc2ccccc2C(=O)OCC(=O)c2c[nH]c(C(=O)N3CCCC3)c2)cs1. The standard InChI is InChI=1S/C23H23N3O4S2/c1-15-25-17(13-31-15)14-32-21-7-3-2-6-18(21)23(29)30-12-20(27)16-10-19(24-11-16)22(28)26-8-4-5-9-26/h2-3,6-7,10-11,13,24H,4-5,8-9,12,14H2,1H3. The molecule has 3 heterocycles. The maximum Gasteiger partial charge on any atom is 0.339 e. The highest BCUT2D eigenvalue weighted by atomic mass is 32.2. The van der Waals surface area contributed by atoms with Crippen LogP contribution in [0, 0.1) is 6.92 Å². The summed E-state index contributed by atoms with van der Waals surface area (Å²) in [6.07, 6.45) is 3.48. The van der Waals surface area contributed by atoms with Gasteiger partial charge in [-0.1, -0.05) is 12.1 Å². The number of hydrogen-bond acceptors (Lipinski definition) is 7. The van der Waals surface area contributed by atoms with Crippen LogP contribution in [0.3, 0.4) is 0 Å². The Balaban J connectivity index is 1.34. The number of rotatable bonds is 8. The number of benzene rings is 1. The lowest BCUT2D eigenvalue weighted by atomic mass is 10.2. The van der Waals surface area contributed by atoms with Crippen molar-refractivity contribution in [2.75, 3.05) is 19.7 Å². The number of nitrogens with one attached hydrogen (secondary N) is 1. The number of aromatic nitrogens is 2. The molecule has 0 bridgehead atoms. The quantitative estimate of drug-likeness (QED) is 0.300. The van der Waals surface area contributed by atoms with Crippen molar-refractivity contribution in [3.63, 3.8) is 0 Å². The third-order valence-corrected chi connectivity index (χ3v) is 7.04. The molecular weight excluding hydrogens is 446 g/mol. The fourth-order valence-electron chi connectivity index (χ4n) is 3.45. The molecule has 9 heteroatoms. The van der Waals surface area contributed by atoms with Gasteiger partial charge >= 0.3 is 5.97 Å². The number of ketones is 1. The maximum atomic E-state index is 12.6. The van der Waals surface area contributed by atoms with Crippen molar-refractivity contribution in [3.05, 3.63) is 69.4 Å². The van der Waals surface area contributed by atoms with Crippen LogP contribution in [0.4, 0.5) is 0 Å². The highest BCUT2D eigenvalue weighted by molar-refractivity contribution is 7.98. The van der Waals surface area contributed by atoms with Crippen molar-refractivity contribution in [3.8, 4) is 0 Å². The van der Waals surface area contributed by atoms with E-state index in [-0.39, 0.29) is 11.7 Å². The number of aromatic amines is 1. The van der Waals surface area contributed by atoms with Gasteiger partial charge in [0.25, 0.3) is 5.91 Å². The molecule has 4 rings (SSSR count). The number of ether oxygens (including phenoxy) is 1. The van der Waals surface area contributed by atoms with E-state index in [9.17, 15) is 14.4 Å². The van der Waals surface area contributed by atoms with Gasteiger partial charge in [0.05, 0.1) is 16.3 Å². The Kier molecular flexibility index (Phi) is 7.06. The van der Waals surface area contributed by atoms with E-state index in [2.05, 4.69) is 9.97 Å². The minimum Gasteiger partial charge on any atom is -0.454 e. The van der Waals surface area contributed by atoms with Gasteiger partial charge in [0, 0.05) is 40.9 Å². The molecule has 1 aromatic carbocycles. The van der Waals surface area contributed by atoms with Crippen LogP contribution < -0.4 is 0 Å². The Morgan fingerprint density at radius 3 is 2.75 bits per heavy atom. The zero-order valence-electron chi connectivity index (χ0n) is 17.6. The fourth-order valence-corrected chi connectivity index (χ4v) is 5.10. The van der Waals surface area contributed by atoms with Gasteiger partial charge in [-0.2, -0.15) is 0 Å². The minimum atomic E-state index is -0.556. The summed E-state index contributed by atoms with van der Waals surface area (Å²) < 4.78 is 5.29. The van der Waals surface area contributed by atoms with Gasteiger partial charge in [-0.3, -0.25) is 9.59 Å². The molecule has 0 radical (unpaired) electrons. The number of nitrogens with zero attached hydrogens (tertiary/aromatic N) is 2. The molecule has 1 saturated heterocycles. The Morgan fingerprint density at radius 2 is 2.00 bits per heavy atom. The van der Waals surface area contributed by atoms with Gasteiger partial charge in [0.2, 0.25) is 5.78 Å². The summed E-state index contributed by atoms with van der Waals surface area (Å²) in [5.41, 5.74) is 2.07. The largest absolute Gasteiger partial charge is 0.454 e. The molecule has 0 atom stereocenters. The van der Waals surface area contributed by atoms with E-state index >= 15 is 0 Å². The lowest BCUT2D eigenvalue weighted by Gasteiger charge is -2.13. The number of esters is 1. The smallest absolute Gasteiger partial charge is 0.339 e. The molecule has 0 spiro atoms. The number of carbonyl (C=O) groups excluding carboxylic acids is 3. The Labute approximate surface area is 194 Å². The minimum absolute atomic E-state index is 0.111. The molecule has 1 fully saturated rings. The summed E-state index contributed by atoms with van der Waals surface area (Å²) in [5.74, 6) is -0.386. The molecule has 1 aliphatic heterocycles. The third kappa shape index (κ3) is 5.28. The zero-order chi connectivity index (χ0) is 22.5. The van der Waals surface area contributed by atoms with E-state index in [0.717, 1.165) is 41.5 Å². The number of H-pyrrole nitrogens is 1. The highest BCUT2D eigenvalue weighted by Crippen LogP contribution is 2.27. The molecule has 3 aromatic rings. The van der Waals surface area contributed by atoms with Crippen LogP contribution in [0.15, 0.2) is 46.8 Å². The number of thioether (sulfide) groups is 1. The zero-order valence-corrected chi connectivity index (χ0v) is 19.3. The molecule has 1 N–H and O–H groups in total. The van der Waals surface area contributed by atoms with E-state index in [0.29, 0.717) is 22.6 Å². The van der Waals surface area contributed by atoms with Crippen molar-refractivity contribution < 1.29 is 19.1 Å². The lowest BCUT2D eigenvalue weighted by molar-refractivity contribution is 0.0471. The van der Waals surface area contributed by atoms with Crippen LogP contribution in [-0.2, 0) is 10.5 Å². The maximum absolute atomic E-state index is 12.6. The number of aryl methyl sites for hydroxylation is 1. The molecule has 1 amide bonds. The first-order valence-electron chi connectivity index (χ1n) is 10.3. The number of thiazole rings is 1. The number of amides is 1. The second kappa shape index (κ2) is 10.1. The van der Waals surface area contributed by atoms with Crippen LogP contribution in [0.25, 0.3) is 0 Å². The van der Waals surface area contributed by atoms with Gasteiger partial charge in [0.1, 0.15) is 5.69 Å². The van der Waals surface area contributed by atoms with E-state index in [1.165, 1.54) is 24.0 Å². The van der Waals surface area contributed by atoms with Crippen LogP contribution >= 0.6 is 23.1 Å². The number of carbonyl (C=O) groups is 3. The molecule has 166 valence electrons. The van der Waals surface area contributed by atoms with E-state index < -0.39 is 12.6 Å². The van der Waals surface area contributed by atoms with Gasteiger partial charge in [-0.05, 0) is 38.0 Å². The van der Waals surface area contributed by atoms with Gasteiger partial charge in [-0.15, -0.1) is 23.1 Å². The molecule has 32 heavy (non-hydrogen) atoms. The van der Waals surface area contributed by atoms with Gasteiger partial charge in [0.15, 0.2) is 6.61 Å². The molecule has 2 aromatic heterocycles. The second-order valence-corrected chi connectivity index (χ2v) is 9.52. The average molecular weight is 470 g/mol. The van der Waals surface area contributed by atoms with Gasteiger partial charge in [-0.25, -0.2) is 9.78 Å². The monoisotopic (exact) mass is 469 g/mol. The van der Waals surface area contributed by atoms with E-state index in [4.69, 9.17) is 4.74 Å². The summed E-state index contributed by atoms with van der Waals surface area (Å²) in [5, 5.41) is 3.00. The topological polar surface area (TPSA) is 92.4 Å². The summed E-state index contributed by atoms with van der Waals surface area (Å²) in [4.78, 5) is 47.4. The first kappa shape index (κ1) is 22.3. The normalized spacial score (nSPS) is 13.3. The van der Waals surface area contributed by atoms with E-state index in [1.54, 1.807) is 28.4 Å².